The number of ether oxygens (including phenoxy) is 1. The van der Waals surface area contributed by atoms with Crippen LogP contribution in [-0.2, 0) is 0 Å². The van der Waals surface area contributed by atoms with Gasteiger partial charge in [0.25, 0.3) is 5.69 Å². The van der Waals surface area contributed by atoms with Crippen LogP contribution in [0.3, 0.4) is 0 Å². The van der Waals surface area contributed by atoms with Gasteiger partial charge >= 0.3 is 0 Å². The summed E-state index contributed by atoms with van der Waals surface area (Å²) in [6, 6.07) is 9.70. The molecule has 0 aliphatic rings. The number of nitrogens with zero attached hydrogens (tertiary/aromatic N) is 1. The molecule has 0 amide bonds. The van der Waals surface area contributed by atoms with Gasteiger partial charge in [-0.1, -0.05) is 23.7 Å². The Morgan fingerprint density at radius 1 is 1.33 bits per heavy atom. The van der Waals surface area contributed by atoms with Crippen molar-refractivity contribution in [3.63, 3.8) is 0 Å². The lowest BCUT2D eigenvalue weighted by Crippen LogP contribution is -2.05. The predicted molar refractivity (Wildman–Crippen MR) is 82.0 cm³/mol. The van der Waals surface area contributed by atoms with Gasteiger partial charge in [-0.25, -0.2) is 0 Å². The minimum Gasteiger partial charge on any atom is -0.457 e. The molecule has 0 spiro atoms. The van der Waals surface area contributed by atoms with Gasteiger partial charge in [-0.15, -0.1) is 0 Å². The van der Waals surface area contributed by atoms with Crippen LogP contribution in [0.5, 0.6) is 11.5 Å². The summed E-state index contributed by atoms with van der Waals surface area (Å²) in [5.41, 5.74) is 7.10. The number of benzene rings is 2. The molecule has 0 aliphatic heterocycles. The quantitative estimate of drug-likeness (QED) is 0.672. The summed E-state index contributed by atoms with van der Waals surface area (Å²) < 4.78 is 5.69. The predicted octanol–water partition coefficient (Wildman–Crippen LogP) is 4.37. The van der Waals surface area contributed by atoms with Gasteiger partial charge in [-0.2, -0.15) is 0 Å². The van der Waals surface area contributed by atoms with Crippen LogP contribution < -0.4 is 10.5 Å². The third kappa shape index (κ3) is 3.32. The first kappa shape index (κ1) is 15.3. The zero-order valence-corrected chi connectivity index (χ0v) is 12.4. The van der Waals surface area contributed by atoms with Crippen molar-refractivity contribution in [3.8, 4) is 11.5 Å². The minimum absolute atomic E-state index is 0.0193. The van der Waals surface area contributed by atoms with Crippen LogP contribution >= 0.6 is 11.6 Å². The fourth-order valence-electron chi connectivity index (χ4n) is 1.98. The van der Waals surface area contributed by atoms with Crippen molar-refractivity contribution in [3.05, 3.63) is 62.7 Å². The highest BCUT2D eigenvalue weighted by molar-refractivity contribution is 6.31. The normalized spacial score (nSPS) is 12.0. The van der Waals surface area contributed by atoms with Crippen LogP contribution in [0.25, 0.3) is 0 Å². The molecule has 0 radical (unpaired) electrons. The standard InChI is InChI=1S/C15H15ClN2O3/c1-9-14(18(19)20)4-3-5-15(9)21-11-6-7-12(10(2)17)13(16)8-11/h3-8,10H,17H2,1-2H3. The molecule has 0 saturated carbocycles. The molecular formula is C15H15ClN2O3. The van der Waals surface area contributed by atoms with E-state index in [9.17, 15) is 10.1 Å². The number of nitro groups is 1. The zero-order chi connectivity index (χ0) is 15.6. The van der Waals surface area contributed by atoms with Crippen LogP contribution in [-0.4, -0.2) is 4.92 Å². The van der Waals surface area contributed by atoms with Crippen molar-refractivity contribution in [2.24, 2.45) is 5.73 Å². The molecule has 0 aromatic heterocycles. The highest BCUT2D eigenvalue weighted by Gasteiger charge is 2.15. The molecule has 0 heterocycles. The van der Waals surface area contributed by atoms with Crippen molar-refractivity contribution in [1.29, 1.82) is 0 Å². The van der Waals surface area contributed by atoms with Gasteiger partial charge in [0.2, 0.25) is 0 Å². The molecule has 6 heteroatoms. The summed E-state index contributed by atoms with van der Waals surface area (Å²) in [6.07, 6.45) is 0. The summed E-state index contributed by atoms with van der Waals surface area (Å²) in [4.78, 5) is 10.5. The van der Waals surface area contributed by atoms with Crippen molar-refractivity contribution in [2.75, 3.05) is 0 Å². The first-order chi connectivity index (χ1) is 9.90. The number of hydrogen-bond acceptors (Lipinski definition) is 4. The molecule has 21 heavy (non-hydrogen) atoms. The number of nitro benzene ring substituents is 1. The molecule has 110 valence electrons. The summed E-state index contributed by atoms with van der Waals surface area (Å²) >= 11 is 6.14. The Hall–Kier alpha value is -2.11. The largest absolute Gasteiger partial charge is 0.457 e. The topological polar surface area (TPSA) is 78.4 Å². The second-order valence-electron chi connectivity index (χ2n) is 4.73. The maximum Gasteiger partial charge on any atom is 0.276 e. The maximum absolute atomic E-state index is 10.9. The number of rotatable bonds is 4. The molecule has 0 aliphatic carbocycles. The summed E-state index contributed by atoms with van der Waals surface area (Å²) in [7, 11) is 0. The lowest BCUT2D eigenvalue weighted by Gasteiger charge is -2.12. The van der Waals surface area contributed by atoms with Crippen LogP contribution in [0.2, 0.25) is 5.02 Å². The molecule has 1 atom stereocenters. The second kappa shape index (κ2) is 6.11. The van der Waals surface area contributed by atoms with Crippen LogP contribution in [0.1, 0.15) is 24.1 Å². The Morgan fingerprint density at radius 2 is 2.05 bits per heavy atom. The minimum atomic E-state index is -0.436. The molecule has 0 bridgehead atoms. The summed E-state index contributed by atoms with van der Waals surface area (Å²) in [5.74, 6) is 0.932. The number of hydrogen-bond donors (Lipinski definition) is 1. The highest BCUT2D eigenvalue weighted by atomic mass is 35.5. The first-order valence-electron chi connectivity index (χ1n) is 6.37. The van der Waals surface area contributed by atoms with E-state index in [-0.39, 0.29) is 11.7 Å². The van der Waals surface area contributed by atoms with Gasteiger partial charge in [0, 0.05) is 17.1 Å². The fraction of sp³-hybridized carbons (Fsp3) is 0.200. The molecule has 2 aromatic carbocycles. The summed E-state index contributed by atoms with van der Waals surface area (Å²) in [5, 5.41) is 11.4. The first-order valence-corrected chi connectivity index (χ1v) is 6.75. The summed E-state index contributed by atoms with van der Waals surface area (Å²) in [6.45, 7) is 3.48. The van der Waals surface area contributed by atoms with Crippen LogP contribution in [0, 0.1) is 17.0 Å². The van der Waals surface area contributed by atoms with E-state index in [0.717, 1.165) is 5.56 Å². The number of halogens is 1. The van der Waals surface area contributed by atoms with Gasteiger partial charge in [0.1, 0.15) is 11.5 Å². The Morgan fingerprint density at radius 3 is 2.62 bits per heavy atom. The molecule has 1 unspecified atom stereocenters. The van der Waals surface area contributed by atoms with E-state index in [0.29, 0.717) is 22.1 Å². The molecular weight excluding hydrogens is 292 g/mol. The van der Waals surface area contributed by atoms with E-state index in [4.69, 9.17) is 22.1 Å². The lowest BCUT2D eigenvalue weighted by molar-refractivity contribution is -0.385. The zero-order valence-electron chi connectivity index (χ0n) is 11.7. The fourth-order valence-corrected chi connectivity index (χ4v) is 2.32. The van der Waals surface area contributed by atoms with Crippen molar-refractivity contribution < 1.29 is 9.66 Å². The SMILES string of the molecule is Cc1c(Oc2ccc(C(C)N)c(Cl)c2)cccc1[N+](=O)[O-]. The van der Waals surface area contributed by atoms with E-state index in [1.807, 2.05) is 6.92 Å². The molecule has 2 aromatic rings. The molecule has 0 fully saturated rings. The second-order valence-corrected chi connectivity index (χ2v) is 5.14. The van der Waals surface area contributed by atoms with E-state index < -0.39 is 4.92 Å². The van der Waals surface area contributed by atoms with Gasteiger partial charge in [-0.3, -0.25) is 10.1 Å². The molecule has 0 saturated heterocycles. The Labute approximate surface area is 127 Å². The third-order valence-corrected chi connectivity index (χ3v) is 3.47. The lowest BCUT2D eigenvalue weighted by atomic mass is 10.1. The Bertz CT molecular complexity index is 687. The number of nitrogens with two attached hydrogens (primary N) is 1. The van der Waals surface area contributed by atoms with E-state index in [1.165, 1.54) is 6.07 Å². The van der Waals surface area contributed by atoms with Gasteiger partial charge in [0.05, 0.1) is 10.5 Å². The van der Waals surface area contributed by atoms with Crippen LogP contribution in [0.4, 0.5) is 5.69 Å². The van der Waals surface area contributed by atoms with E-state index in [1.54, 1.807) is 37.3 Å². The van der Waals surface area contributed by atoms with E-state index >= 15 is 0 Å². The average molecular weight is 307 g/mol. The van der Waals surface area contributed by atoms with Gasteiger partial charge in [0.15, 0.2) is 0 Å². The highest BCUT2D eigenvalue weighted by Crippen LogP contribution is 2.33. The van der Waals surface area contributed by atoms with Crippen molar-refractivity contribution in [1.82, 2.24) is 0 Å². The van der Waals surface area contributed by atoms with Crippen molar-refractivity contribution >= 4 is 17.3 Å². The third-order valence-electron chi connectivity index (χ3n) is 3.14. The molecule has 5 nitrogen and oxygen atoms in total. The van der Waals surface area contributed by atoms with Crippen molar-refractivity contribution in [2.45, 2.75) is 19.9 Å². The smallest absolute Gasteiger partial charge is 0.276 e. The molecule has 2 rings (SSSR count). The van der Waals surface area contributed by atoms with Crippen LogP contribution in [0.15, 0.2) is 36.4 Å². The Kier molecular flexibility index (Phi) is 4.45. The Balaban J connectivity index is 2.33. The molecule has 2 N–H and O–H groups in total. The average Bonchev–Trinajstić information content (AvgIpc) is 2.40. The maximum atomic E-state index is 10.9. The van der Waals surface area contributed by atoms with E-state index in [2.05, 4.69) is 0 Å². The van der Waals surface area contributed by atoms with Gasteiger partial charge in [-0.05, 0) is 37.6 Å². The monoisotopic (exact) mass is 306 g/mol. The van der Waals surface area contributed by atoms with Gasteiger partial charge < -0.3 is 10.5 Å².